The second-order valence-corrected chi connectivity index (χ2v) is 6.04. The molecule has 0 aliphatic carbocycles. The third kappa shape index (κ3) is 4.56. The lowest BCUT2D eigenvalue weighted by Gasteiger charge is -2.17. The summed E-state index contributed by atoms with van der Waals surface area (Å²) in [4.78, 5) is 32.0. The summed E-state index contributed by atoms with van der Waals surface area (Å²) in [7, 11) is 2.72. The number of methoxy groups -OCH3 is 1. The molecular weight excluding hydrogens is 377 g/mol. The van der Waals surface area contributed by atoms with Crippen LogP contribution in [0.4, 0.5) is 18.9 Å². The van der Waals surface area contributed by atoms with Crippen molar-refractivity contribution in [1.29, 1.82) is 0 Å². The largest absolute Gasteiger partial charge is 0.465 e. The number of halogens is 3. The Kier molecular flexibility index (Phi) is 6.22. The molecule has 10 heteroatoms. The minimum absolute atomic E-state index is 0.0142. The van der Waals surface area contributed by atoms with Crippen molar-refractivity contribution in [3.63, 3.8) is 0 Å². The summed E-state index contributed by atoms with van der Waals surface area (Å²) in [5, 5.41) is 2.44. The summed E-state index contributed by atoms with van der Waals surface area (Å²) in [6.07, 6.45) is -3.21. The summed E-state index contributed by atoms with van der Waals surface area (Å²) < 4.78 is 44.9. The summed E-state index contributed by atoms with van der Waals surface area (Å²) >= 11 is 0. The van der Waals surface area contributed by atoms with Gasteiger partial charge in [-0.25, -0.2) is 9.78 Å². The molecule has 0 saturated carbocycles. The fourth-order valence-corrected chi connectivity index (χ4v) is 2.43. The Bertz CT molecular complexity index is 965. The molecule has 2 rings (SSSR count). The standard InChI is InChI=1S/C18H19F3N4O3/c1-10(2)25-9-13(11(17(27)28-4)8-15(25)22-3)24-16(26)12-6-5-7-14(23-12)18(19,20)21/h5-10H,1-4H3,(H,24,26)/b22-15-. The predicted molar refractivity (Wildman–Crippen MR) is 94.8 cm³/mol. The van der Waals surface area contributed by atoms with Crippen LogP contribution in [0, 0.1) is 0 Å². The minimum Gasteiger partial charge on any atom is -0.465 e. The number of anilines is 1. The summed E-state index contributed by atoms with van der Waals surface area (Å²) in [5.74, 6) is -1.62. The highest BCUT2D eigenvalue weighted by Crippen LogP contribution is 2.27. The van der Waals surface area contributed by atoms with Gasteiger partial charge in [0.05, 0.1) is 18.4 Å². The molecule has 0 spiro atoms. The Hall–Kier alpha value is -3.17. The smallest absolute Gasteiger partial charge is 0.433 e. The van der Waals surface area contributed by atoms with E-state index in [1.807, 2.05) is 13.8 Å². The molecule has 7 nitrogen and oxygen atoms in total. The summed E-state index contributed by atoms with van der Waals surface area (Å²) in [6.45, 7) is 3.74. The Balaban J connectivity index is 2.51. The van der Waals surface area contributed by atoms with E-state index in [2.05, 4.69) is 15.3 Å². The van der Waals surface area contributed by atoms with Crippen LogP contribution in [0.1, 0.15) is 46.4 Å². The second kappa shape index (κ2) is 8.24. The molecule has 1 amide bonds. The fourth-order valence-electron chi connectivity index (χ4n) is 2.43. The molecule has 0 bridgehead atoms. The molecule has 1 N–H and O–H groups in total. The normalized spacial score (nSPS) is 12.2. The van der Waals surface area contributed by atoms with E-state index in [4.69, 9.17) is 4.74 Å². The van der Waals surface area contributed by atoms with Crippen LogP contribution in [0.2, 0.25) is 0 Å². The maximum Gasteiger partial charge on any atom is 0.433 e. The molecule has 0 atom stereocenters. The molecular formula is C18H19F3N4O3. The van der Waals surface area contributed by atoms with Crippen LogP contribution in [-0.4, -0.2) is 35.6 Å². The molecule has 28 heavy (non-hydrogen) atoms. The molecule has 0 aromatic carbocycles. The molecule has 0 fully saturated rings. The fraction of sp³-hybridized carbons (Fsp3) is 0.333. The predicted octanol–water partition coefficient (Wildman–Crippen LogP) is 3.05. The molecule has 0 unspecified atom stereocenters. The van der Waals surface area contributed by atoms with Gasteiger partial charge in [-0.05, 0) is 32.0 Å². The molecule has 0 aliphatic heterocycles. The molecule has 0 radical (unpaired) electrons. The molecule has 2 heterocycles. The number of alkyl halides is 3. The van der Waals surface area contributed by atoms with Gasteiger partial charge in [0.15, 0.2) is 0 Å². The number of pyridine rings is 2. The van der Waals surface area contributed by atoms with Gasteiger partial charge in [-0.15, -0.1) is 0 Å². The first-order valence-electron chi connectivity index (χ1n) is 8.21. The van der Waals surface area contributed by atoms with Crippen molar-refractivity contribution >= 4 is 17.6 Å². The van der Waals surface area contributed by atoms with Gasteiger partial charge in [0.2, 0.25) is 0 Å². The summed E-state index contributed by atoms with van der Waals surface area (Å²) in [6, 6.07) is 4.36. The lowest BCUT2D eigenvalue weighted by molar-refractivity contribution is -0.141. The number of carbonyl (C=O) groups is 2. The van der Waals surface area contributed by atoms with Crippen LogP contribution in [0.3, 0.4) is 0 Å². The lowest BCUT2D eigenvalue weighted by atomic mass is 10.2. The third-order valence-electron chi connectivity index (χ3n) is 3.81. The van der Waals surface area contributed by atoms with Crippen LogP contribution < -0.4 is 10.8 Å². The molecule has 150 valence electrons. The average molecular weight is 396 g/mol. The maximum absolute atomic E-state index is 12.8. The van der Waals surface area contributed by atoms with E-state index < -0.39 is 29.4 Å². The van der Waals surface area contributed by atoms with Gasteiger partial charge in [0.25, 0.3) is 5.91 Å². The SMILES string of the molecule is C/N=c1/cc(C(=O)OC)c(NC(=O)c2cccc(C(F)(F)F)n2)cn1C(C)C. The third-order valence-corrected chi connectivity index (χ3v) is 3.81. The van der Waals surface area contributed by atoms with Crippen LogP contribution in [0.25, 0.3) is 0 Å². The van der Waals surface area contributed by atoms with E-state index in [1.165, 1.54) is 19.4 Å². The topological polar surface area (TPSA) is 85.6 Å². The highest BCUT2D eigenvalue weighted by molar-refractivity contribution is 6.06. The van der Waals surface area contributed by atoms with Gasteiger partial charge in [0.1, 0.15) is 16.9 Å². The van der Waals surface area contributed by atoms with Crippen molar-refractivity contribution in [3.8, 4) is 0 Å². The van der Waals surface area contributed by atoms with Crippen molar-refractivity contribution in [2.24, 2.45) is 4.99 Å². The first kappa shape index (κ1) is 21.1. The second-order valence-electron chi connectivity index (χ2n) is 6.04. The van der Waals surface area contributed by atoms with Gasteiger partial charge in [-0.3, -0.25) is 9.79 Å². The van der Waals surface area contributed by atoms with Crippen molar-refractivity contribution < 1.29 is 27.5 Å². The molecule has 0 aliphatic rings. The number of nitrogens with one attached hydrogen (secondary N) is 1. The van der Waals surface area contributed by atoms with Crippen molar-refractivity contribution in [2.45, 2.75) is 26.1 Å². The molecule has 0 saturated heterocycles. The van der Waals surface area contributed by atoms with Gasteiger partial charge >= 0.3 is 12.1 Å². The zero-order valence-electron chi connectivity index (χ0n) is 15.7. The Labute approximate surface area is 158 Å². The van der Waals surface area contributed by atoms with E-state index in [0.29, 0.717) is 5.49 Å². The average Bonchev–Trinajstić information content (AvgIpc) is 2.66. The first-order chi connectivity index (χ1) is 13.1. The number of carbonyl (C=O) groups excluding carboxylic acids is 2. The highest BCUT2D eigenvalue weighted by atomic mass is 19.4. The van der Waals surface area contributed by atoms with Crippen LogP contribution in [-0.2, 0) is 10.9 Å². The number of rotatable bonds is 4. The number of ether oxygens (including phenoxy) is 1. The zero-order chi connectivity index (χ0) is 21.1. The first-order valence-corrected chi connectivity index (χ1v) is 8.21. The number of hydrogen-bond donors (Lipinski definition) is 1. The van der Waals surface area contributed by atoms with Crippen molar-refractivity contribution in [3.05, 3.63) is 52.9 Å². The number of aromatic nitrogens is 2. The van der Waals surface area contributed by atoms with Gasteiger partial charge in [-0.1, -0.05) is 6.07 Å². The van der Waals surface area contributed by atoms with E-state index >= 15 is 0 Å². The summed E-state index contributed by atoms with van der Waals surface area (Å²) in [5.41, 5.74) is -1.08. The van der Waals surface area contributed by atoms with Crippen molar-refractivity contribution in [1.82, 2.24) is 9.55 Å². The minimum atomic E-state index is -4.68. The Morgan fingerprint density at radius 2 is 1.96 bits per heavy atom. The Morgan fingerprint density at radius 3 is 2.50 bits per heavy atom. The van der Waals surface area contributed by atoms with Crippen LogP contribution in [0.15, 0.2) is 35.5 Å². The molecule has 2 aromatic heterocycles. The zero-order valence-corrected chi connectivity index (χ0v) is 15.7. The monoisotopic (exact) mass is 396 g/mol. The van der Waals surface area contributed by atoms with E-state index in [0.717, 1.165) is 18.2 Å². The number of nitrogens with zero attached hydrogens (tertiary/aromatic N) is 3. The highest BCUT2D eigenvalue weighted by Gasteiger charge is 2.33. The van der Waals surface area contributed by atoms with Crippen LogP contribution in [0.5, 0.6) is 0 Å². The maximum atomic E-state index is 12.8. The Morgan fingerprint density at radius 1 is 1.29 bits per heavy atom. The molecule has 2 aromatic rings. The number of hydrogen-bond acceptors (Lipinski definition) is 5. The number of esters is 1. The van der Waals surface area contributed by atoms with Gasteiger partial charge < -0.3 is 14.6 Å². The van der Waals surface area contributed by atoms with E-state index in [-0.39, 0.29) is 17.3 Å². The van der Waals surface area contributed by atoms with E-state index in [1.54, 1.807) is 11.6 Å². The quantitative estimate of drug-likeness (QED) is 0.805. The van der Waals surface area contributed by atoms with Crippen LogP contribution >= 0.6 is 0 Å². The number of amides is 1. The van der Waals surface area contributed by atoms with Gasteiger partial charge in [0, 0.05) is 19.3 Å². The van der Waals surface area contributed by atoms with E-state index in [9.17, 15) is 22.8 Å². The lowest BCUT2D eigenvalue weighted by Crippen LogP contribution is -2.27. The van der Waals surface area contributed by atoms with Gasteiger partial charge in [-0.2, -0.15) is 13.2 Å². The van der Waals surface area contributed by atoms with Crippen molar-refractivity contribution in [2.75, 3.05) is 19.5 Å².